The number of aliphatic hydroxyl groups is 1. The van der Waals surface area contributed by atoms with E-state index in [0.29, 0.717) is 24.7 Å². The summed E-state index contributed by atoms with van der Waals surface area (Å²) in [6.07, 6.45) is 1.60. The van der Waals surface area contributed by atoms with Crippen molar-refractivity contribution in [2.45, 2.75) is 25.9 Å². The number of aromatic nitrogens is 1. The van der Waals surface area contributed by atoms with Crippen LogP contribution >= 0.6 is 11.5 Å². The smallest absolute Gasteiger partial charge is 0.197 e. The van der Waals surface area contributed by atoms with Gasteiger partial charge in [0.05, 0.1) is 12.7 Å². The van der Waals surface area contributed by atoms with Gasteiger partial charge >= 0.3 is 0 Å². The first-order chi connectivity index (χ1) is 7.72. The van der Waals surface area contributed by atoms with Crippen molar-refractivity contribution in [3.05, 3.63) is 0 Å². The largest absolute Gasteiger partial charge is 0.487 e. The number of β-amino-alcohol motifs (C(OH)–C–C–N with tert-alkyl or cyclic N) is 1. The third-order valence-electron chi connectivity index (χ3n) is 2.63. The van der Waals surface area contributed by atoms with Gasteiger partial charge in [0.2, 0.25) is 0 Å². The highest BCUT2D eigenvalue weighted by Gasteiger charge is 2.24. The van der Waals surface area contributed by atoms with Crippen molar-refractivity contribution in [1.29, 1.82) is 0 Å². The average molecular weight is 243 g/mol. The van der Waals surface area contributed by atoms with Gasteiger partial charge in [-0.15, -0.1) is 0 Å². The molecule has 1 atom stereocenters. The number of nitrogens with zero attached hydrogens (tertiary/aromatic N) is 2. The highest BCUT2D eigenvalue weighted by molar-refractivity contribution is 7.11. The molecule has 0 radical (unpaired) electrons. The van der Waals surface area contributed by atoms with E-state index in [2.05, 4.69) is 9.27 Å². The summed E-state index contributed by atoms with van der Waals surface area (Å²) < 4.78 is 9.60. The number of hydrogen-bond donors (Lipinski definition) is 2. The summed E-state index contributed by atoms with van der Waals surface area (Å²) in [4.78, 5) is 2.10. The van der Waals surface area contributed by atoms with Crippen LogP contribution in [0.3, 0.4) is 0 Å². The standard InChI is InChI=1S/C10H17N3O2S/c1-2-15-8-9(11)12-16-10(8)13-5-3-4-7(14)6-13/h7,14H,2-6H2,1H3,(H2,11,12). The van der Waals surface area contributed by atoms with Crippen LogP contribution in [0.4, 0.5) is 10.8 Å². The maximum atomic E-state index is 9.64. The first-order valence-corrected chi connectivity index (χ1v) is 6.30. The van der Waals surface area contributed by atoms with Crippen molar-refractivity contribution in [2.75, 3.05) is 30.3 Å². The van der Waals surface area contributed by atoms with Crippen LogP contribution in [0, 0.1) is 0 Å². The third-order valence-corrected chi connectivity index (χ3v) is 3.53. The highest BCUT2D eigenvalue weighted by atomic mass is 32.1. The van der Waals surface area contributed by atoms with Crippen LogP contribution < -0.4 is 15.4 Å². The zero-order valence-electron chi connectivity index (χ0n) is 9.35. The molecule has 1 aromatic heterocycles. The number of aliphatic hydroxyl groups excluding tert-OH is 1. The molecular weight excluding hydrogens is 226 g/mol. The van der Waals surface area contributed by atoms with Gasteiger partial charge in [0.15, 0.2) is 16.6 Å². The molecule has 16 heavy (non-hydrogen) atoms. The predicted molar refractivity (Wildman–Crippen MR) is 65.1 cm³/mol. The van der Waals surface area contributed by atoms with Crippen LogP contribution in [0.25, 0.3) is 0 Å². The molecule has 0 aromatic carbocycles. The van der Waals surface area contributed by atoms with Crippen molar-refractivity contribution >= 4 is 22.4 Å². The Morgan fingerprint density at radius 2 is 2.50 bits per heavy atom. The monoisotopic (exact) mass is 243 g/mol. The minimum atomic E-state index is -0.258. The lowest BCUT2D eigenvalue weighted by Gasteiger charge is -2.30. The molecule has 2 rings (SSSR count). The van der Waals surface area contributed by atoms with E-state index < -0.39 is 0 Å². The molecule has 90 valence electrons. The van der Waals surface area contributed by atoms with Crippen molar-refractivity contribution in [3.8, 4) is 5.75 Å². The molecule has 1 saturated heterocycles. The Hall–Kier alpha value is -1.01. The quantitative estimate of drug-likeness (QED) is 0.831. The van der Waals surface area contributed by atoms with E-state index in [1.807, 2.05) is 6.92 Å². The fraction of sp³-hybridized carbons (Fsp3) is 0.700. The van der Waals surface area contributed by atoms with Crippen LogP contribution in [0.15, 0.2) is 0 Å². The molecule has 1 unspecified atom stereocenters. The Kier molecular flexibility index (Phi) is 3.50. The van der Waals surface area contributed by atoms with Crippen molar-refractivity contribution in [2.24, 2.45) is 0 Å². The minimum absolute atomic E-state index is 0.258. The second-order valence-electron chi connectivity index (χ2n) is 3.88. The molecule has 1 aliphatic heterocycles. The highest BCUT2D eigenvalue weighted by Crippen LogP contribution is 2.39. The molecule has 3 N–H and O–H groups in total. The van der Waals surface area contributed by atoms with Crippen LogP contribution in [0.2, 0.25) is 0 Å². The Morgan fingerprint density at radius 1 is 1.69 bits per heavy atom. The Labute approximate surface area is 99.0 Å². The van der Waals surface area contributed by atoms with Gasteiger partial charge in [-0.1, -0.05) is 0 Å². The maximum Gasteiger partial charge on any atom is 0.197 e. The summed E-state index contributed by atoms with van der Waals surface area (Å²) in [5.74, 6) is 1.11. The maximum absolute atomic E-state index is 9.64. The number of nitrogens with two attached hydrogens (primary N) is 1. The van der Waals surface area contributed by atoms with E-state index in [1.165, 1.54) is 11.5 Å². The number of nitrogen functional groups attached to an aromatic ring is 1. The number of anilines is 2. The number of ether oxygens (including phenoxy) is 1. The lowest BCUT2D eigenvalue weighted by molar-refractivity contribution is 0.154. The fourth-order valence-electron chi connectivity index (χ4n) is 1.91. The first-order valence-electron chi connectivity index (χ1n) is 5.53. The van der Waals surface area contributed by atoms with Crippen molar-refractivity contribution in [3.63, 3.8) is 0 Å². The molecule has 0 bridgehead atoms. The van der Waals surface area contributed by atoms with Crippen LogP contribution in [0.5, 0.6) is 5.75 Å². The van der Waals surface area contributed by atoms with Gasteiger partial charge in [0, 0.05) is 13.1 Å². The normalized spacial score (nSPS) is 21.1. The summed E-state index contributed by atoms with van der Waals surface area (Å²) in [7, 11) is 0. The fourth-order valence-corrected chi connectivity index (χ4v) is 2.70. The van der Waals surface area contributed by atoms with E-state index in [-0.39, 0.29) is 6.10 Å². The Balaban J connectivity index is 2.18. The minimum Gasteiger partial charge on any atom is -0.487 e. The van der Waals surface area contributed by atoms with Crippen LogP contribution in [-0.2, 0) is 0 Å². The lowest BCUT2D eigenvalue weighted by atomic mass is 10.1. The predicted octanol–water partition coefficient (Wildman–Crippen LogP) is 1.09. The zero-order chi connectivity index (χ0) is 11.5. The molecular formula is C10H17N3O2S. The van der Waals surface area contributed by atoms with Gasteiger partial charge in [-0.2, -0.15) is 4.37 Å². The van der Waals surface area contributed by atoms with E-state index in [9.17, 15) is 5.11 Å². The summed E-state index contributed by atoms with van der Waals surface area (Å²) in [5, 5.41) is 10.6. The Morgan fingerprint density at radius 3 is 3.19 bits per heavy atom. The number of hydrogen-bond acceptors (Lipinski definition) is 6. The lowest BCUT2D eigenvalue weighted by Crippen LogP contribution is -2.37. The first kappa shape index (κ1) is 11.5. The molecule has 0 amide bonds. The second kappa shape index (κ2) is 4.88. The molecule has 0 spiro atoms. The number of piperidine rings is 1. The Bertz CT molecular complexity index is 356. The molecule has 2 heterocycles. The van der Waals surface area contributed by atoms with Gasteiger partial charge in [0.1, 0.15) is 0 Å². The summed E-state index contributed by atoms with van der Waals surface area (Å²) in [6, 6.07) is 0. The SMILES string of the molecule is CCOc1c(N)nsc1N1CCCC(O)C1. The van der Waals surface area contributed by atoms with Crippen molar-refractivity contribution < 1.29 is 9.84 Å². The van der Waals surface area contributed by atoms with Crippen molar-refractivity contribution in [1.82, 2.24) is 4.37 Å². The van der Waals surface area contributed by atoms with Crippen LogP contribution in [-0.4, -0.2) is 35.3 Å². The summed E-state index contributed by atoms with van der Waals surface area (Å²) >= 11 is 1.34. The molecule has 1 aromatic rings. The number of rotatable bonds is 3. The topological polar surface area (TPSA) is 71.6 Å². The van der Waals surface area contributed by atoms with E-state index >= 15 is 0 Å². The summed E-state index contributed by atoms with van der Waals surface area (Å²) in [6.45, 7) is 4.07. The summed E-state index contributed by atoms with van der Waals surface area (Å²) in [5.41, 5.74) is 5.75. The van der Waals surface area contributed by atoms with E-state index in [4.69, 9.17) is 10.5 Å². The van der Waals surface area contributed by atoms with Gasteiger partial charge in [-0.3, -0.25) is 0 Å². The molecule has 6 heteroatoms. The van der Waals surface area contributed by atoms with Crippen LogP contribution in [0.1, 0.15) is 19.8 Å². The third kappa shape index (κ3) is 2.22. The second-order valence-corrected chi connectivity index (χ2v) is 4.63. The van der Waals surface area contributed by atoms with E-state index in [1.54, 1.807) is 0 Å². The average Bonchev–Trinajstić information content (AvgIpc) is 2.61. The molecule has 0 aliphatic carbocycles. The van der Waals surface area contributed by atoms with E-state index in [0.717, 1.165) is 24.4 Å². The van der Waals surface area contributed by atoms with Gasteiger partial charge in [-0.05, 0) is 31.3 Å². The molecule has 5 nitrogen and oxygen atoms in total. The van der Waals surface area contributed by atoms with Gasteiger partial charge in [-0.25, -0.2) is 0 Å². The van der Waals surface area contributed by atoms with Gasteiger partial charge < -0.3 is 20.5 Å². The molecule has 0 saturated carbocycles. The molecule has 1 fully saturated rings. The molecule has 1 aliphatic rings. The van der Waals surface area contributed by atoms with Gasteiger partial charge in [0.25, 0.3) is 0 Å². The zero-order valence-corrected chi connectivity index (χ0v) is 10.2.